The molecule has 1 aliphatic heterocycles. The number of carbonyl (C=O) groups is 3. The van der Waals surface area contributed by atoms with Crippen molar-refractivity contribution >= 4 is 46.8 Å². The Morgan fingerprint density at radius 3 is 2.32 bits per heavy atom. The second-order valence-corrected chi connectivity index (χ2v) is 10.6. The van der Waals surface area contributed by atoms with Crippen molar-refractivity contribution < 1.29 is 27.9 Å². The van der Waals surface area contributed by atoms with Crippen LogP contribution in [0.2, 0.25) is 5.02 Å². The van der Waals surface area contributed by atoms with Crippen LogP contribution < -0.4 is 15.5 Å². The number of hydrogen-bond donors (Lipinski definition) is 2. The number of carbonyl (C=O) groups excluding carboxylic acids is 3. The summed E-state index contributed by atoms with van der Waals surface area (Å²) >= 11 is 5.80. The molecule has 1 saturated heterocycles. The minimum absolute atomic E-state index is 0.116. The van der Waals surface area contributed by atoms with Crippen molar-refractivity contribution in [3.05, 3.63) is 70.8 Å². The van der Waals surface area contributed by atoms with Gasteiger partial charge in [0.15, 0.2) is 11.6 Å². The van der Waals surface area contributed by atoms with Crippen LogP contribution in [0.3, 0.4) is 0 Å². The third-order valence-electron chi connectivity index (χ3n) is 5.86. The van der Waals surface area contributed by atoms with E-state index < -0.39 is 29.0 Å². The minimum Gasteiger partial charge on any atom is -0.444 e. The molecule has 1 aromatic carbocycles. The number of pyridine rings is 1. The van der Waals surface area contributed by atoms with Gasteiger partial charge >= 0.3 is 6.09 Å². The van der Waals surface area contributed by atoms with Gasteiger partial charge in [-0.2, -0.15) is 0 Å². The Labute approximate surface area is 239 Å². The highest BCUT2D eigenvalue weighted by atomic mass is 35.5. The van der Waals surface area contributed by atoms with E-state index in [2.05, 4.69) is 25.6 Å². The maximum atomic E-state index is 14.0. The first kappa shape index (κ1) is 29.6. The van der Waals surface area contributed by atoms with Crippen molar-refractivity contribution in [1.29, 1.82) is 0 Å². The number of nitrogens with zero attached hydrogens (tertiary/aromatic N) is 5. The lowest BCUT2D eigenvalue weighted by Crippen LogP contribution is -2.39. The average Bonchev–Trinajstić information content (AvgIpc) is 3.17. The lowest BCUT2D eigenvalue weighted by Gasteiger charge is -2.26. The molecule has 2 aromatic heterocycles. The Bertz CT molecular complexity index is 1430. The molecule has 41 heavy (non-hydrogen) atoms. The van der Waals surface area contributed by atoms with E-state index in [1.807, 2.05) is 25.7 Å². The van der Waals surface area contributed by atoms with E-state index in [-0.39, 0.29) is 28.9 Å². The summed E-state index contributed by atoms with van der Waals surface area (Å²) in [6.07, 6.45) is 4.24. The molecular weight excluding hydrogens is 560 g/mol. The lowest BCUT2D eigenvalue weighted by atomic mass is 10.1. The minimum atomic E-state index is -1.27. The molecule has 0 unspecified atom stereocenters. The molecule has 0 bridgehead atoms. The van der Waals surface area contributed by atoms with Crippen LogP contribution in [0.1, 0.15) is 48.0 Å². The van der Waals surface area contributed by atoms with E-state index in [1.165, 1.54) is 30.7 Å². The van der Waals surface area contributed by atoms with Crippen molar-refractivity contribution in [1.82, 2.24) is 19.9 Å². The first-order valence-corrected chi connectivity index (χ1v) is 13.1. The van der Waals surface area contributed by atoms with Gasteiger partial charge in [-0.15, -0.1) is 0 Å². The zero-order valence-corrected chi connectivity index (χ0v) is 23.3. The van der Waals surface area contributed by atoms with Crippen LogP contribution in [0.15, 0.2) is 42.9 Å². The molecule has 0 spiro atoms. The highest BCUT2D eigenvalue weighted by Crippen LogP contribution is 2.23. The van der Waals surface area contributed by atoms with E-state index in [0.29, 0.717) is 55.6 Å². The molecule has 11 nitrogen and oxygen atoms in total. The van der Waals surface area contributed by atoms with Gasteiger partial charge in [-0.05, 0) is 45.4 Å². The van der Waals surface area contributed by atoms with Crippen molar-refractivity contribution in [3.63, 3.8) is 0 Å². The maximum absolute atomic E-state index is 14.0. The van der Waals surface area contributed by atoms with Crippen molar-refractivity contribution in [2.45, 2.75) is 32.8 Å². The molecule has 0 radical (unpaired) electrons. The molecule has 2 N–H and O–H groups in total. The predicted molar refractivity (Wildman–Crippen MR) is 148 cm³/mol. The summed E-state index contributed by atoms with van der Waals surface area (Å²) in [5.74, 6) is -3.55. The number of anilines is 3. The number of ether oxygens (including phenoxy) is 1. The molecular formula is C27H28ClF2N7O4. The van der Waals surface area contributed by atoms with Crippen molar-refractivity contribution in [2.24, 2.45) is 0 Å². The Morgan fingerprint density at radius 2 is 1.66 bits per heavy atom. The molecule has 14 heteroatoms. The van der Waals surface area contributed by atoms with Crippen LogP contribution in [0, 0.1) is 11.6 Å². The number of rotatable bonds is 5. The fourth-order valence-electron chi connectivity index (χ4n) is 3.92. The first-order chi connectivity index (χ1) is 19.4. The second-order valence-electron chi connectivity index (χ2n) is 10.1. The summed E-state index contributed by atoms with van der Waals surface area (Å²) in [6.45, 7) is 7.46. The van der Waals surface area contributed by atoms with Crippen LogP contribution in [0.25, 0.3) is 0 Å². The third-order valence-corrected chi connectivity index (χ3v) is 6.09. The van der Waals surface area contributed by atoms with Gasteiger partial charge in [0, 0.05) is 38.4 Å². The van der Waals surface area contributed by atoms with Crippen LogP contribution in [0.4, 0.5) is 30.9 Å². The van der Waals surface area contributed by atoms with Crippen LogP contribution in [0.5, 0.6) is 0 Å². The van der Waals surface area contributed by atoms with E-state index in [4.69, 9.17) is 16.3 Å². The standard InChI is InChI=1S/C27H28ClF2N7O4/c1-27(2,3)41-26(40)37-8-4-7-36(9-10-37)23-15-31-21(14-33-23)25(39)34-20-12-19(30)18(29)11-17(20)24(38)35-22-6-5-16(28)13-32-22/h5-6,11-15H,4,7-10H2,1-3H3,(H,34,39)(H,32,35,38). The number of benzene rings is 1. The van der Waals surface area contributed by atoms with Crippen LogP contribution in [-0.4, -0.2) is 69.5 Å². The molecule has 3 amide bonds. The fourth-order valence-corrected chi connectivity index (χ4v) is 4.03. The molecule has 3 aromatic rings. The highest BCUT2D eigenvalue weighted by Gasteiger charge is 2.25. The molecule has 4 rings (SSSR count). The summed E-state index contributed by atoms with van der Waals surface area (Å²) in [6, 6.07) is 4.29. The molecule has 1 fully saturated rings. The number of halogens is 3. The Hall–Kier alpha value is -4.39. The van der Waals surface area contributed by atoms with Crippen LogP contribution in [-0.2, 0) is 4.74 Å². The number of aromatic nitrogens is 3. The quantitative estimate of drug-likeness (QED) is 0.437. The monoisotopic (exact) mass is 587 g/mol. The zero-order chi connectivity index (χ0) is 29.7. The summed E-state index contributed by atoms with van der Waals surface area (Å²) < 4.78 is 33.5. The summed E-state index contributed by atoms with van der Waals surface area (Å²) in [7, 11) is 0. The molecule has 3 heterocycles. The topological polar surface area (TPSA) is 130 Å². The fraction of sp³-hybridized carbons (Fsp3) is 0.333. The van der Waals surface area contributed by atoms with Gasteiger partial charge in [0.1, 0.15) is 22.9 Å². The Kier molecular flexibility index (Phi) is 8.96. The van der Waals surface area contributed by atoms with E-state index in [0.717, 1.165) is 0 Å². The largest absolute Gasteiger partial charge is 0.444 e. The maximum Gasteiger partial charge on any atom is 0.410 e. The number of nitrogens with one attached hydrogen (secondary N) is 2. The van der Waals surface area contributed by atoms with Gasteiger partial charge in [-0.1, -0.05) is 11.6 Å². The van der Waals surface area contributed by atoms with Gasteiger partial charge in [-0.3, -0.25) is 9.59 Å². The molecule has 0 atom stereocenters. The second kappa shape index (κ2) is 12.4. The summed E-state index contributed by atoms with van der Waals surface area (Å²) in [5, 5.41) is 5.18. The summed E-state index contributed by atoms with van der Waals surface area (Å²) in [4.78, 5) is 54.1. The molecule has 216 valence electrons. The van der Waals surface area contributed by atoms with Gasteiger partial charge < -0.3 is 25.2 Å². The van der Waals surface area contributed by atoms with Crippen molar-refractivity contribution in [2.75, 3.05) is 41.7 Å². The van der Waals surface area contributed by atoms with Gasteiger partial charge in [0.2, 0.25) is 0 Å². The summed E-state index contributed by atoms with van der Waals surface area (Å²) in [5.41, 5.74) is -1.32. The van der Waals surface area contributed by atoms with Gasteiger partial charge in [0.05, 0.1) is 28.7 Å². The average molecular weight is 588 g/mol. The normalized spacial score (nSPS) is 13.8. The zero-order valence-electron chi connectivity index (χ0n) is 22.6. The third kappa shape index (κ3) is 7.84. The van der Waals surface area contributed by atoms with Gasteiger partial charge in [0.25, 0.3) is 11.8 Å². The van der Waals surface area contributed by atoms with E-state index in [9.17, 15) is 23.2 Å². The SMILES string of the molecule is CC(C)(C)OC(=O)N1CCCN(c2cnc(C(=O)Nc3cc(F)c(F)cc3C(=O)Nc3ccc(Cl)cn3)cn2)CC1. The van der Waals surface area contributed by atoms with E-state index in [1.54, 1.807) is 4.90 Å². The smallest absolute Gasteiger partial charge is 0.410 e. The predicted octanol–water partition coefficient (Wildman–Crippen LogP) is 4.76. The van der Waals surface area contributed by atoms with Crippen LogP contribution >= 0.6 is 11.6 Å². The van der Waals surface area contributed by atoms with Gasteiger partial charge in [-0.25, -0.2) is 28.5 Å². The van der Waals surface area contributed by atoms with E-state index >= 15 is 0 Å². The molecule has 0 saturated carbocycles. The Morgan fingerprint density at radius 1 is 0.902 bits per heavy atom. The number of hydrogen-bond acceptors (Lipinski definition) is 8. The molecule has 1 aliphatic rings. The Balaban J connectivity index is 1.43. The molecule has 0 aliphatic carbocycles. The lowest BCUT2D eigenvalue weighted by molar-refractivity contribution is 0.0263. The number of amides is 3. The highest BCUT2D eigenvalue weighted by molar-refractivity contribution is 6.30. The van der Waals surface area contributed by atoms with Crippen molar-refractivity contribution in [3.8, 4) is 0 Å². The first-order valence-electron chi connectivity index (χ1n) is 12.7.